The number of carbonyl (C=O) groups is 1. The molecular weight excluding hydrogens is 418 g/mol. The zero-order chi connectivity index (χ0) is 21.5. The molecule has 2 atom stereocenters. The number of piperidine rings is 1. The summed E-state index contributed by atoms with van der Waals surface area (Å²) in [4.78, 5) is 17.4. The van der Waals surface area contributed by atoms with E-state index in [1.165, 1.54) is 17.4 Å². The van der Waals surface area contributed by atoms with Crippen LogP contribution in [0.2, 0.25) is 0 Å². The van der Waals surface area contributed by atoms with Gasteiger partial charge in [0.15, 0.2) is 5.13 Å². The Balaban J connectivity index is 1.56. The van der Waals surface area contributed by atoms with Crippen molar-refractivity contribution in [3.05, 3.63) is 53.6 Å². The number of nitrogens with zero attached hydrogens (tertiary/aromatic N) is 2. The number of hydrogen-bond donors (Lipinski definition) is 1. The average molecular weight is 444 g/mol. The number of rotatable bonds is 4. The van der Waals surface area contributed by atoms with Gasteiger partial charge in [0, 0.05) is 18.7 Å². The summed E-state index contributed by atoms with van der Waals surface area (Å²) in [5, 5.41) is 3.29. The lowest BCUT2D eigenvalue weighted by Gasteiger charge is -2.34. The molecule has 1 N–H and O–H groups in total. The Kier molecular flexibility index (Phi) is 5.65. The van der Waals surface area contributed by atoms with Crippen LogP contribution >= 0.6 is 11.3 Å². The number of benzene rings is 2. The third kappa shape index (κ3) is 4.26. The molecule has 30 heavy (non-hydrogen) atoms. The predicted octanol–water partition coefficient (Wildman–Crippen LogP) is 4.52. The van der Waals surface area contributed by atoms with Crippen LogP contribution in [-0.4, -0.2) is 36.7 Å². The first-order valence-corrected chi connectivity index (χ1v) is 12.3. The van der Waals surface area contributed by atoms with Crippen LogP contribution in [0.15, 0.2) is 47.4 Å². The van der Waals surface area contributed by atoms with Crippen LogP contribution < -0.4 is 5.32 Å². The summed E-state index contributed by atoms with van der Waals surface area (Å²) in [6.07, 6.45) is 1.02. The first-order valence-electron chi connectivity index (χ1n) is 10.0. The van der Waals surface area contributed by atoms with Crippen molar-refractivity contribution in [2.24, 2.45) is 11.8 Å². The molecule has 0 bridgehead atoms. The summed E-state index contributed by atoms with van der Waals surface area (Å²) in [6, 6.07) is 12.2. The van der Waals surface area contributed by atoms with E-state index >= 15 is 0 Å². The van der Waals surface area contributed by atoms with Gasteiger partial charge in [-0.05, 0) is 61.1 Å². The first kappa shape index (κ1) is 21.0. The topological polar surface area (TPSA) is 79.4 Å². The fourth-order valence-electron chi connectivity index (χ4n) is 4.00. The van der Waals surface area contributed by atoms with Crippen molar-refractivity contribution < 1.29 is 13.2 Å². The van der Waals surface area contributed by atoms with Crippen LogP contribution in [0.25, 0.3) is 10.2 Å². The molecule has 0 saturated carbocycles. The Morgan fingerprint density at radius 2 is 1.87 bits per heavy atom. The molecule has 1 aliphatic rings. The van der Waals surface area contributed by atoms with Crippen molar-refractivity contribution in [2.75, 3.05) is 18.4 Å². The summed E-state index contributed by atoms with van der Waals surface area (Å²) < 4.78 is 28.8. The number of hydrogen-bond acceptors (Lipinski definition) is 5. The molecule has 0 radical (unpaired) electrons. The van der Waals surface area contributed by atoms with Gasteiger partial charge >= 0.3 is 0 Å². The van der Waals surface area contributed by atoms with E-state index in [0.717, 1.165) is 22.2 Å². The lowest BCUT2D eigenvalue weighted by Crippen LogP contribution is -2.42. The van der Waals surface area contributed by atoms with Crippen LogP contribution in [0.4, 0.5) is 5.13 Å². The van der Waals surface area contributed by atoms with Gasteiger partial charge in [-0.3, -0.25) is 10.1 Å². The number of fused-ring (bicyclic) bond motifs is 1. The quantitative estimate of drug-likeness (QED) is 0.643. The van der Waals surface area contributed by atoms with Crippen molar-refractivity contribution in [1.82, 2.24) is 9.29 Å². The van der Waals surface area contributed by atoms with Crippen molar-refractivity contribution in [3.8, 4) is 0 Å². The number of amides is 1. The van der Waals surface area contributed by atoms with Crippen molar-refractivity contribution in [3.63, 3.8) is 0 Å². The Morgan fingerprint density at radius 3 is 2.60 bits per heavy atom. The molecule has 2 aromatic carbocycles. The third-order valence-electron chi connectivity index (χ3n) is 5.33. The van der Waals surface area contributed by atoms with Gasteiger partial charge in [-0.2, -0.15) is 4.31 Å². The fourth-order valence-corrected chi connectivity index (χ4v) is 6.69. The van der Waals surface area contributed by atoms with Gasteiger partial charge in [0.05, 0.1) is 15.1 Å². The van der Waals surface area contributed by atoms with E-state index in [4.69, 9.17) is 0 Å². The summed E-state index contributed by atoms with van der Waals surface area (Å²) in [5.74, 6) is 0.263. The van der Waals surface area contributed by atoms with Gasteiger partial charge in [-0.25, -0.2) is 13.4 Å². The molecule has 1 aliphatic heterocycles. The maximum absolute atomic E-state index is 13.1. The van der Waals surface area contributed by atoms with Crippen LogP contribution in [0.5, 0.6) is 0 Å². The maximum Gasteiger partial charge on any atom is 0.257 e. The number of aromatic nitrogens is 1. The predicted molar refractivity (Wildman–Crippen MR) is 120 cm³/mol. The van der Waals surface area contributed by atoms with E-state index in [1.807, 2.05) is 25.1 Å². The van der Waals surface area contributed by atoms with Gasteiger partial charge in [0.25, 0.3) is 5.91 Å². The number of nitrogens with one attached hydrogen (secondary N) is 1. The van der Waals surface area contributed by atoms with Gasteiger partial charge in [0.1, 0.15) is 0 Å². The highest BCUT2D eigenvalue weighted by atomic mass is 32.2. The fraction of sp³-hybridized carbons (Fsp3) is 0.364. The molecule has 8 heteroatoms. The number of thiazole rings is 1. The normalized spacial score (nSPS) is 20.4. The van der Waals surface area contributed by atoms with Gasteiger partial charge in [-0.1, -0.05) is 37.3 Å². The van der Waals surface area contributed by atoms with Gasteiger partial charge in [0.2, 0.25) is 10.0 Å². The minimum absolute atomic E-state index is 0.149. The molecule has 3 aromatic rings. The summed E-state index contributed by atoms with van der Waals surface area (Å²) >= 11 is 1.40. The van der Waals surface area contributed by atoms with Crippen LogP contribution in [0, 0.1) is 18.8 Å². The highest BCUT2D eigenvalue weighted by molar-refractivity contribution is 7.89. The monoisotopic (exact) mass is 443 g/mol. The Hall–Kier alpha value is -2.29. The second kappa shape index (κ2) is 8.09. The molecule has 1 saturated heterocycles. The zero-order valence-electron chi connectivity index (χ0n) is 17.3. The Labute approximate surface area is 181 Å². The van der Waals surface area contributed by atoms with E-state index in [2.05, 4.69) is 24.1 Å². The standard InChI is InChI=1S/C22H25N3O3S2/c1-14-7-8-19-20(10-14)29-22(23-19)24-21(26)17-5-4-6-18(11-17)30(27,28)25-12-15(2)9-16(3)13-25/h4-8,10-11,15-16H,9,12-13H2,1-3H3,(H,23,24,26). The minimum atomic E-state index is -3.64. The highest BCUT2D eigenvalue weighted by Crippen LogP contribution is 2.29. The van der Waals surface area contributed by atoms with E-state index < -0.39 is 10.0 Å². The minimum Gasteiger partial charge on any atom is -0.298 e. The van der Waals surface area contributed by atoms with Crippen LogP contribution in [-0.2, 0) is 10.0 Å². The molecule has 2 heterocycles. The largest absolute Gasteiger partial charge is 0.298 e. The third-order valence-corrected chi connectivity index (χ3v) is 8.09. The lowest BCUT2D eigenvalue weighted by atomic mass is 9.94. The molecular formula is C22H25N3O3S2. The molecule has 0 aliphatic carbocycles. The first-order chi connectivity index (χ1) is 14.2. The zero-order valence-corrected chi connectivity index (χ0v) is 18.9. The number of carbonyl (C=O) groups excluding carboxylic acids is 1. The average Bonchev–Trinajstić information content (AvgIpc) is 3.08. The molecule has 1 aromatic heterocycles. The second-order valence-electron chi connectivity index (χ2n) is 8.24. The molecule has 4 rings (SSSR count). The van der Waals surface area contributed by atoms with Crippen molar-refractivity contribution in [1.29, 1.82) is 0 Å². The maximum atomic E-state index is 13.1. The van der Waals surface area contributed by atoms with E-state index in [1.54, 1.807) is 22.5 Å². The van der Waals surface area contributed by atoms with Crippen LogP contribution in [0.1, 0.15) is 36.2 Å². The molecule has 6 nitrogen and oxygen atoms in total. The number of aryl methyl sites for hydroxylation is 1. The Bertz CT molecular complexity index is 1190. The Morgan fingerprint density at radius 1 is 1.13 bits per heavy atom. The van der Waals surface area contributed by atoms with Crippen molar-refractivity contribution >= 4 is 42.6 Å². The van der Waals surface area contributed by atoms with E-state index in [-0.39, 0.29) is 10.8 Å². The molecule has 0 spiro atoms. The summed E-state index contributed by atoms with van der Waals surface area (Å²) in [7, 11) is -3.64. The lowest BCUT2D eigenvalue weighted by molar-refractivity contribution is 0.102. The van der Waals surface area contributed by atoms with Crippen molar-refractivity contribution in [2.45, 2.75) is 32.1 Å². The second-order valence-corrected chi connectivity index (χ2v) is 11.2. The highest BCUT2D eigenvalue weighted by Gasteiger charge is 2.32. The summed E-state index contributed by atoms with van der Waals surface area (Å²) in [5.41, 5.74) is 2.25. The molecule has 2 unspecified atom stereocenters. The molecule has 1 fully saturated rings. The summed E-state index contributed by atoms with van der Waals surface area (Å²) in [6.45, 7) is 7.17. The smallest absolute Gasteiger partial charge is 0.257 e. The molecule has 158 valence electrons. The van der Waals surface area contributed by atoms with Gasteiger partial charge in [-0.15, -0.1) is 0 Å². The van der Waals surface area contributed by atoms with E-state index in [0.29, 0.717) is 35.6 Å². The number of anilines is 1. The molecule has 1 amide bonds. The van der Waals surface area contributed by atoms with Crippen LogP contribution in [0.3, 0.4) is 0 Å². The SMILES string of the molecule is Cc1ccc2nc(NC(=O)c3cccc(S(=O)(=O)N4CC(C)CC(C)C4)c3)sc2c1. The van der Waals surface area contributed by atoms with E-state index in [9.17, 15) is 13.2 Å². The van der Waals surface area contributed by atoms with Gasteiger partial charge < -0.3 is 0 Å². The number of sulfonamides is 1.